The van der Waals surface area contributed by atoms with E-state index in [9.17, 15) is 33.6 Å². The highest BCUT2D eigenvalue weighted by molar-refractivity contribution is 5.89. The molecule has 0 heterocycles. The van der Waals surface area contributed by atoms with Gasteiger partial charge in [0.15, 0.2) is 0 Å². The second-order valence-electron chi connectivity index (χ2n) is 27.0. The number of esters is 7. The maximum Gasteiger partial charge on any atom is 0.333 e. The van der Waals surface area contributed by atoms with Crippen LogP contribution in [0.4, 0.5) is 0 Å². The van der Waals surface area contributed by atoms with Crippen LogP contribution >= 0.6 is 0 Å². The van der Waals surface area contributed by atoms with Gasteiger partial charge < -0.3 is 33.2 Å². The van der Waals surface area contributed by atoms with Gasteiger partial charge in [-0.25, -0.2) is 24.0 Å². The third-order valence-electron chi connectivity index (χ3n) is 17.2. The Morgan fingerprint density at radius 2 is 0.911 bits per heavy atom. The lowest BCUT2D eigenvalue weighted by atomic mass is 9.50. The Morgan fingerprint density at radius 3 is 1.30 bits per heavy atom. The van der Waals surface area contributed by atoms with E-state index in [4.69, 9.17) is 33.2 Å². The van der Waals surface area contributed by atoms with Crippen molar-refractivity contribution in [1.29, 1.82) is 0 Å². The fourth-order valence-electron chi connectivity index (χ4n) is 12.1. The molecule has 90 heavy (non-hydrogen) atoms. The highest BCUT2D eigenvalue weighted by Gasteiger charge is 2.57. The van der Waals surface area contributed by atoms with Crippen LogP contribution in [-0.4, -0.2) is 69.8 Å². The van der Waals surface area contributed by atoms with E-state index >= 15 is 0 Å². The summed E-state index contributed by atoms with van der Waals surface area (Å²) in [7, 11) is 0. The van der Waals surface area contributed by atoms with Gasteiger partial charge >= 0.3 is 41.8 Å². The monoisotopic (exact) mass is 1250 g/mol. The molecule has 0 N–H and O–H groups in total. The summed E-state index contributed by atoms with van der Waals surface area (Å²) in [5.74, 6) is 2.68. The second-order valence-corrected chi connectivity index (χ2v) is 27.0. The quantitative estimate of drug-likeness (QED) is 0.0710. The Morgan fingerprint density at radius 1 is 0.511 bits per heavy atom. The molecule has 14 nitrogen and oxygen atoms in total. The molecule has 7 fully saturated rings. The van der Waals surface area contributed by atoms with E-state index in [1.54, 1.807) is 71.0 Å². The third kappa shape index (κ3) is 27.2. The molecule has 0 aromatic heterocycles. The highest BCUT2D eigenvalue weighted by Crippen LogP contribution is 2.59. The minimum atomic E-state index is -0.407. The lowest BCUT2D eigenvalue weighted by Crippen LogP contribution is -2.58. The minimum absolute atomic E-state index is 0.171. The Bertz CT molecular complexity index is 2790. The zero-order chi connectivity index (χ0) is 68.4. The normalized spacial score (nSPS) is 21.2. The van der Waals surface area contributed by atoms with Gasteiger partial charge in [0.25, 0.3) is 0 Å². The molecule has 9 rings (SSSR count). The molecule has 0 aliphatic heterocycles. The van der Waals surface area contributed by atoms with Crippen molar-refractivity contribution in [2.75, 3.05) is 0 Å². The number of rotatable bonds is 15. The summed E-state index contributed by atoms with van der Waals surface area (Å²) in [6, 6.07) is 14.3. The summed E-state index contributed by atoms with van der Waals surface area (Å²) < 4.78 is 36.9. The number of hydrogen-bond donors (Lipinski definition) is 0. The number of carbonyl (C=O) groups is 7. The van der Waals surface area contributed by atoms with E-state index < -0.39 is 5.60 Å². The van der Waals surface area contributed by atoms with Crippen LogP contribution in [0, 0.1) is 29.6 Å². The van der Waals surface area contributed by atoms with Gasteiger partial charge in [0.1, 0.15) is 39.5 Å². The third-order valence-corrected chi connectivity index (χ3v) is 17.2. The van der Waals surface area contributed by atoms with Crippen molar-refractivity contribution in [2.45, 2.75) is 247 Å². The maximum absolute atomic E-state index is 11.8. The summed E-state index contributed by atoms with van der Waals surface area (Å²) in [5, 5.41) is 0. The van der Waals surface area contributed by atoms with Crippen LogP contribution in [0.25, 0.3) is 12.2 Å². The molecule has 0 radical (unpaired) electrons. The fourth-order valence-corrected chi connectivity index (χ4v) is 12.1. The first-order chi connectivity index (χ1) is 41.9. The summed E-state index contributed by atoms with van der Waals surface area (Å²) in [5.41, 5.74) is 3.19. The minimum Gasteiger partial charge on any atom is -0.457 e. The molecule has 0 atom stereocenters. The van der Waals surface area contributed by atoms with Crippen LogP contribution < -0.4 is 9.47 Å². The molecule has 14 heteroatoms. The van der Waals surface area contributed by atoms with Gasteiger partial charge in [0.2, 0.25) is 0 Å². The van der Waals surface area contributed by atoms with E-state index in [0.29, 0.717) is 57.1 Å². The molecule has 4 bridgehead atoms. The summed E-state index contributed by atoms with van der Waals surface area (Å²) in [6.07, 6.45) is 23.9. The Kier molecular flexibility index (Phi) is 32.2. The number of ether oxygens (including phenoxy) is 7. The van der Waals surface area contributed by atoms with Gasteiger partial charge in [-0.2, -0.15) is 0 Å². The van der Waals surface area contributed by atoms with Gasteiger partial charge in [-0.3, -0.25) is 9.59 Å². The summed E-state index contributed by atoms with van der Waals surface area (Å²) in [6.45, 7) is 52.3. The molecule has 0 amide bonds. The first kappa shape index (κ1) is 79.0. The van der Waals surface area contributed by atoms with Crippen LogP contribution in [0.3, 0.4) is 0 Å². The Balaban J connectivity index is 0.000000360. The van der Waals surface area contributed by atoms with Crippen LogP contribution in [0.1, 0.15) is 231 Å². The summed E-state index contributed by atoms with van der Waals surface area (Å²) >= 11 is 0. The van der Waals surface area contributed by atoms with E-state index in [1.807, 2.05) is 52.0 Å². The van der Waals surface area contributed by atoms with Crippen molar-refractivity contribution in [3.8, 4) is 11.5 Å². The van der Waals surface area contributed by atoms with Crippen molar-refractivity contribution < 1.29 is 66.7 Å². The standard InChI is InChI=1S/C15H22O2.C12H20O2.C11H18O2.C10H16O2.2C10H10O2.C8H14O2/c1-9(2)14(16)17-15(3)12-5-10-4-11(7-12)8-13(15)6-10;1-9(2)11(13)14-12(10(3)4)7-5-6-8-12;1-4-11(7-5-6-8-11)13-10(12)9(2)3;1-8(2)9(11)12-10(3)6-4-5-7-10;1-3-9-4-6-10(7-5-9)12-8(2)11;1-3-9-5-4-6-10(7-9)12-8(2)11;1-6(2)7(9)10-8(3,4)5/h10-13H,1,4-8H2,2-3H3;10H,1,5-8H2,2-4H3;2,4-8H2,1,3H3;1,4-7H2,2-3H3;2*3-7H,1H2,2H3;1H2,2-5H3. The van der Waals surface area contributed by atoms with Crippen LogP contribution in [0.15, 0.2) is 122 Å². The van der Waals surface area contributed by atoms with E-state index in [1.165, 1.54) is 84.5 Å². The molecular formula is C76H110O14. The van der Waals surface area contributed by atoms with Crippen molar-refractivity contribution in [3.05, 3.63) is 134 Å². The topological polar surface area (TPSA) is 184 Å². The van der Waals surface area contributed by atoms with Gasteiger partial charge in [0, 0.05) is 41.7 Å². The van der Waals surface area contributed by atoms with Crippen molar-refractivity contribution in [3.63, 3.8) is 0 Å². The zero-order valence-electron chi connectivity index (χ0n) is 57.6. The predicted octanol–water partition coefficient (Wildman–Crippen LogP) is 18.1. The lowest BCUT2D eigenvalue weighted by molar-refractivity contribution is -0.199. The molecule has 7 aliphatic carbocycles. The highest BCUT2D eigenvalue weighted by atomic mass is 16.6. The van der Waals surface area contributed by atoms with E-state index in [2.05, 4.69) is 73.7 Å². The van der Waals surface area contributed by atoms with Gasteiger partial charge in [-0.05, 0) is 250 Å². The average Bonchev–Trinajstić information content (AvgIpc) is 1.24. The zero-order valence-corrected chi connectivity index (χ0v) is 57.6. The van der Waals surface area contributed by atoms with Gasteiger partial charge in [0.05, 0.1) is 0 Å². The predicted molar refractivity (Wildman–Crippen MR) is 360 cm³/mol. The molecule has 2 aromatic carbocycles. The average molecular weight is 1250 g/mol. The maximum atomic E-state index is 11.8. The first-order valence-electron chi connectivity index (χ1n) is 32.1. The Hall–Kier alpha value is -7.09. The smallest absolute Gasteiger partial charge is 0.333 e. The molecular weight excluding hydrogens is 1140 g/mol. The van der Waals surface area contributed by atoms with Crippen LogP contribution in [-0.2, 0) is 57.2 Å². The van der Waals surface area contributed by atoms with E-state index in [0.717, 1.165) is 67.9 Å². The van der Waals surface area contributed by atoms with Crippen LogP contribution in [0.5, 0.6) is 11.5 Å². The number of hydrogen-bond acceptors (Lipinski definition) is 14. The number of benzene rings is 2. The molecule has 0 unspecified atom stereocenters. The lowest BCUT2D eigenvalue weighted by Gasteiger charge is -2.59. The first-order valence-corrected chi connectivity index (χ1v) is 32.1. The second kappa shape index (κ2) is 36.7. The molecule has 2 aromatic rings. The SMILES string of the molecule is C=C(C)C(=O)OC(C)(C)C.C=C(C)C(=O)OC1(C(C)C)CCCC1.C=C(C)C(=O)OC1(C)C2CC3CC(C2)CC1C3.C=C(C)C(=O)OC1(C)CCCC1.C=C(C)C(=O)OC1(CC)CCCC1.C=Cc1ccc(OC(C)=O)cc1.C=Cc1cccc(OC(C)=O)c1. The van der Waals surface area contributed by atoms with Crippen molar-refractivity contribution >= 4 is 53.9 Å². The van der Waals surface area contributed by atoms with E-state index in [-0.39, 0.29) is 64.2 Å². The molecule has 0 spiro atoms. The van der Waals surface area contributed by atoms with Crippen molar-refractivity contribution in [2.24, 2.45) is 29.6 Å². The Labute approximate surface area is 540 Å². The molecule has 0 saturated heterocycles. The van der Waals surface area contributed by atoms with Gasteiger partial charge in [-0.1, -0.05) is 103 Å². The largest absolute Gasteiger partial charge is 0.457 e. The van der Waals surface area contributed by atoms with Crippen molar-refractivity contribution in [1.82, 2.24) is 0 Å². The van der Waals surface area contributed by atoms with Crippen LogP contribution in [0.2, 0.25) is 0 Å². The number of carbonyl (C=O) groups excluding carboxylic acids is 7. The molecule has 7 saturated carbocycles. The summed E-state index contributed by atoms with van der Waals surface area (Å²) in [4.78, 5) is 77.8. The fraction of sp³-hybridized carbons (Fsp3) is 0.566. The van der Waals surface area contributed by atoms with Gasteiger partial charge in [-0.15, -0.1) is 0 Å². The molecule has 498 valence electrons. The molecule has 7 aliphatic rings.